The number of aromatic nitrogens is 2. The van der Waals surface area contributed by atoms with Crippen LogP contribution in [0.4, 0.5) is 5.69 Å². The first-order valence-electron chi connectivity index (χ1n) is 7.48. The Morgan fingerprint density at radius 1 is 1.30 bits per heavy atom. The number of carbonyl (C=O) groups excluding carboxylic acids is 2. The van der Waals surface area contributed by atoms with E-state index in [0.717, 1.165) is 6.42 Å². The number of para-hydroxylation sites is 1. The Labute approximate surface area is 134 Å². The molecule has 4 N–H and O–H groups in total. The van der Waals surface area contributed by atoms with Crippen molar-refractivity contribution in [1.82, 2.24) is 10.2 Å². The van der Waals surface area contributed by atoms with Crippen molar-refractivity contribution in [3.05, 3.63) is 41.2 Å². The molecule has 0 bridgehead atoms. The smallest absolute Gasteiger partial charge is 0.271 e. The van der Waals surface area contributed by atoms with Gasteiger partial charge in [0.05, 0.1) is 23.6 Å². The summed E-state index contributed by atoms with van der Waals surface area (Å²) in [5.41, 5.74) is 6.65. The van der Waals surface area contributed by atoms with Crippen LogP contribution in [-0.4, -0.2) is 28.6 Å². The van der Waals surface area contributed by atoms with Crippen molar-refractivity contribution in [1.29, 1.82) is 0 Å². The Bertz CT molecular complexity index is 709. The fraction of sp³-hybridized carbons (Fsp3) is 0.312. The zero-order chi connectivity index (χ0) is 16.8. The second-order valence-corrected chi connectivity index (χ2v) is 4.94. The standard InChI is InChI=1S/C16H20N4O3/c1-3-9-23-12-8-6-5-7-10(12)16(22)18-13-11(4-2)19-20-14(13)15(17)21/h5-8H,3-4,9H2,1-2H3,(H2,17,21)(H,18,22)(H,19,20). The summed E-state index contributed by atoms with van der Waals surface area (Å²) >= 11 is 0. The van der Waals surface area contributed by atoms with Crippen LogP contribution in [0.5, 0.6) is 5.75 Å². The normalized spacial score (nSPS) is 10.3. The maximum Gasteiger partial charge on any atom is 0.271 e. The maximum absolute atomic E-state index is 12.6. The predicted molar refractivity (Wildman–Crippen MR) is 86.7 cm³/mol. The molecule has 0 saturated heterocycles. The van der Waals surface area contributed by atoms with E-state index in [4.69, 9.17) is 10.5 Å². The van der Waals surface area contributed by atoms with E-state index >= 15 is 0 Å². The average Bonchev–Trinajstić information content (AvgIpc) is 2.96. The molecule has 2 rings (SSSR count). The van der Waals surface area contributed by atoms with E-state index in [9.17, 15) is 9.59 Å². The summed E-state index contributed by atoms with van der Waals surface area (Å²) in [5.74, 6) is -0.587. The molecule has 0 atom stereocenters. The van der Waals surface area contributed by atoms with Crippen molar-refractivity contribution in [2.24, 2.45) is 5.73 Å². The largest absolute Gasteiger partial charge is 0.493 e. The molecule has 1 aromatic carbocycles. The maximum atomic E-state index is 12.6. The van der Waals surface area contributed by atoms with Crippen molar-refractivity contribution in [2.75, 3.05) is 11.9 Å². The van der Waals surface area contributed by atoms with Crippen LogP contribution in [0.3, 0.4) is 0 Å². The Hall–Kier alpha value is -2.83. The molecule has 122 valence electrons. The van der Waals surface area contributed by atoms with Crippen molar-refractivity contribution >= 4 is 17.5 Å². The third-order valence-electron chi connectivity index (χ3n) is 3.26. The number of hydrogen-bond donors (Lipinski definition) is 3. The monoisotopic (exact) mass is 316 g/mol. The molecule has 0 fully saturated rings. The Morgan fingerprint density at radius 2 is 2.04 bits per heavy atom. The van der Waals surface area contributed by atoms with Crippen LogP contribution < -0.4 is 15.8 Å². The number of amides is 2. The van der Waals surface area contributed by atoms with Crippen molar-refractivity contribution in [3.63, 3.8) is 0 Å². The number of nitrogens with one attached hydrogen (secondary N) is 2. The SMILES string of the molecule is CCCOc1ccccc1C(=O)Nc1c(C(N)=O)n[nH]c1CC. The van der Waals surface area contributed by atoms with E-state index in [-0.39, 0.29) is 11.6 Å². The highest BCUT2D eigenvalue weighted by molar-refractivity contribution is 6.09. The molecule has 0 aliphatic heterocycles. The third kappa shape index (κ3) is 3.68. The van der Waals surface area contributed by atoms with Crippen LogP contribution in [-0.2, 0) is 6.42 Å². The number of aryl methyl sites for hydroxylation is 1. The number of carbonyl (C=O) groups is 2. The zero-order valence-corrected chi connectivity index (χ0v) is 13.2. The van der Waals surface area contributed by atoms with Crippen LogP contribution in [0.1, 0.15) is 46.8 Å². The van der Waals surface area contributed by atoms with Gasteiger partial charge in [0, 0.05) is 0 Å². The van der Waals surface area contributed by atoms with Gasteiger partial charge in [-0.2, -0.15) is 5.10 Å². The van der Waals surface area contributed by atoms with Gasteiger partial charge in [-0.3, -0.25) is 14.7 Å². The van der Waals surface area contributed by atoms with E-state index in [0.29, 0.717) is 35.7 Å². The number of nitrogens with two attached hydrogens (primary N) is 1. The van der Waals surface area contributed by atoms with Gasteiger partial charge in [-0.1, -0.05) is 26.0 Å². The topological polar surface area (TPSA) is 110 Å². The van der Waals surface area contributed by atoms with Gasteiger partial charge in [0.1, 0.15) is 5.75 Å². The third-order valence-corrected chi connectivity index (χ3v) is 3.26. The van der Waals surface area contributed by atoms with Crippen molar-refractivity contribution < 1.29 is 14.3 Å². The van der Waals surface area contributed by atoms with Gasteiger partial charge >= 0.3 is 0 Å². The molecule has 7 nitrogen and oxygen atoms in total. The van der Waals surface area contributed by atoms with Gasteiger partial charge in [-0.05, 0) is 25.0 Å². The molecule has 0 spiro atoms. The first-order valence-corrected chi connectivity index (χ1v) is 7.48. The second kappa shape index (κ2) is 7.44. The predicted octanol–water partition coefficient (Wildman–Crippen LogP) is 2.11. The fourth-order valence-electron chi connectivity index (χ4n) is 2.12. The van der Waals surface area contributed by atoms with Crippen LogP contribution >= 0.6 is 0 Å². The fourth-order valence-corrected chi connectivity index (χ4v) is 2.12. The number of rotatable bonds is 7. The summed E-state index contributed by atoms with van der Waals surface area (Å²) < 4.78 is 5.58. The van der Waals surface area contributed by atoms with Crippen molar-refractivity contribution in [3.8, 4) is 5.75 Å². The molecule has 0 unspecified atom stereocenters. The van der Waals surface area contributed by atoms with Gasteiger partial charge in [0.2, 0.25) is 0 Å². The molecule has 23 heavy (non-hydrogen) atoms. The number of hydrogen-bond acceptors (Lipinski definition) is 4. The van der Waals surface area contributed by atoms with Crippen LogP contribution in [0.2, 0.25) is 0 Å². The Morgan fingerprint density at radius 3 is 2.70 bits per heavy atom. The summed E-state index contributed by atoms with van der Waals surface area (Å²) in [4.78, 5) is 24.0. The van der Waals surface area contributed by atoms with Gasteiger partial charge in [0.25, 0.3) is 11.8 Å². The number of H-pyrrole nitrogens is 1. The average molecular weight is 316 g/mol. The van der Waals surface area contributed by atoms with E-state index in [1.54, 1.807) is 24.3 Å². The molecule has 2 amide bonds. The summed E-state index contributed by atoms with van der Waals surface area (Å²) in [6.45, 7) is 4.38. The Balaban J connectivity index is 2.30. The lowest BCUT2D eigenvalue weighted by Gasteiger charge is -2.11. The zero-order valence-electron chi connectivity index (χ0n) is 13.2. The summed E-state index contributed by atoms with van der Waals surface area (Å²) in [6.07, 6.45) is 1.41. The van der Waals surface area contributed by atoms with E-state index < -0.39 is 5.91 Å². The number of anilines is 1. The molecule has 1 aromatic heterocycles. The lowest BCUT2D eigenvalue weighted by Crippen LogP contribution is -2.19. The lowest BCUT2D eigenvalue weighted by molar-refractivity contribution is 0.0996. The number of primary amides is 1. The number of nitrogens with zero attached hydrogens (tertiary/aromatic N) is 1. The van der Waals surface area contributed by atoms with E-state index in [2.05, 4.69) is 15.5 Å². The molecule has 0 radical (unpaired) electrons. The van der Waals surface area contributed by atoms with Gasteiger partial charge in [-0.25, -0.2) is 0 Å². The second-order valence-electron chi connectivity index (χ2n) is 4.94. The van der Waals surface area contributed by atoms with Gasteiger partial charge in [-0.15, -0.1) is 0 Å². The van der Waals surface area contributed by atoms with E-state index in [1.807, 2.05) is 13.8 Å². The molecule has 1 heterocycles. The van der Waals surface area contributed by atoms with Crippen LogP contribution in [0, 0.1) is 0 Å². The molecule has 7 heteroatoms. The Kier molecular flexibility index (Phi) is 5.35. The number of ether oxygens (including phenoxy) is 1. The number of benzene rings is 1. The number of aromatic amines is 1. The molecule has 2 aromatic rings. The first-order chi connectivity index (χ1) is 11.1. The molecule has 0 saturated carbocycles. The van der Waals surface area contributed by atoms with Crippen LogP contribution in [0.25, 0.3) is 0 Å². The highest BCUT2D eigenvalue weighted by Crippen LogP contribution is 2.23. The first kappa shape index (κ1) is 16.5. The summed E-state index contributed by atoms with van der Waals surface area (Å²) in [7, 11) is 0. The minimum atomic E-state index is -0.702. The molecular weight excluding hydrogens is 296 g/mol. The summed E-state index contributed by atoms with van der Waals surface area (Å²) in [5, 5.41) is 9.29. The van der Waals surface area contributed by atoms with Crippen molar-refractivity contribution in [2.45, 2.75) is 26.7 Å². The molecule has 0 aliphatic carbocycles. The van der Waals surface area contributed by atoms with E-state index in [1.165, 1.54) is 0 Å². The lowest BCUT2D eigenvalue weighted by atomic mass is 10.1. The highest BCUT2D eigenvalue weighted by Gasteiger charge is 2.20. The highest BCUT2D eigenvalue weighted by atomic mass is 16.5. The van der Waals surface area contributed by atoms with Crippen LogP contribution in [0.15, 0.2) is 24.3 Å². The quantitative estimate of drug-likeness (QED) is 0.726. The summed E-state index contributed by atoms with van der Waals surface area (Å²) in [6, 6.07) is 6.94. The minimum absolute atomic E-state index is 0.0159. The molecular formula is C16H20N4O3. The van der Waals surface area contributed by atoms with Gasteiger partial charge in [0.15, 0.2) is 5.69 Å². The minimum Gasteiger partial charge on any atom is -0.493 e. The molecule has 0 aliphatic rings. The van der Waals surface area contributed by atoms with Gasteiger partial charge < -0.3 is 15.8 Å².